The van der Waals surface area contributed by atoms with Crippen molar-refractivity contribution in [1.29, 1.82) is 0 Å². The zero-order chi connectivity index (χ0) is 39.3. The number of rotatable bonds is 4. The van der Waals surface area contributed by atoms with Crippen molar-refractivity contribution in [3.63, 3.8) is 0 Å². The Bertz CT molecular complexity index is 3270. The molecule has 276 valence electrons. The summed E-state index contributed by atoms with van der Waals surface area (Å²) in [7, 11) is 0. The molecule has 10 rings (SSSR count). The highest BCUT2D eigenvalue weighted by atomic mass is 14.8. The van der Waals surface area contributed by atoms with Gasteiger partial charge in [-0.25, -0.2) is 20.0 Å². The Hall–Kier alpha value is -7.30. The highest BCUT2D eigenvalue weighted by Crippen LogP contribution is 2.35. The van der Waals surface area contributed by atoms with Gasteiger partial charge < -0.3 is 0 Å². The van der Waals surface area contributed by atoms with Gasteiger partial charge in [-0.1, -0.05) is 97.1 Å². The monoisotopic (exact) mass is 744 g/mol. The van der Waals surface area contributed by atoms with Gasteiger partial charge in [-0.3, -0.25) is 0 Å². The summed E-state index contributed by atoms with van der Waals surface area (Å²) in [5.41, 5.74) is 8.22. The fraction of sp³-hybridized carbons (Fsp3) is 0.0741. The molecular formula is C54H40N4. The maximum Gasteiger partial charge on any atom is 0.0748 e. The lowest BCUT2D eigenvalue weighted by atomic mass is 9.91. The summed E-state index contributed by atoms with van der Waals surface area (Å²) in [6.45, 7) is 8.68. The van der Waals surface area contributed by atoms with Crippen LogP contribution >= 0.6 is 0 Å². The van der Waals surface area contributed by atoms with E-state index in [4.69, 9.17) is 20.0 Å². The lowest BCUT2D eigenvalue weighted by Crippen LogP contribution is -2.20. The maximum atomic E-state index is 5.29. The Balaban J connectivity index is 1.31. The average molecular weight is 745 g/mol. The first-order chi connectivity index (χ1) is 28.4. The summed E-state index contributed by atoms with van der Waals surface area (Å²) in [5, 5.41) is 15.3. The van der Waals surface area contributed by atoms with Crippen LogP contribution in [-0.2, 0) is 0 Å². The van der Waals surface area contributed by atoms with Crippen molar-refractivity contribution < 1.29 is 0 Å². The van der Waals surface area contributed by atoms with Crippen LogP contribution in [0.4, 0.5) is 22.7 Å². The Labute approximate surface area is 336 Å². The van der Waals surface area contributed by atoms with Gasteiger partial charge in [-0.2, -0.15) is 0 Å². The molecule has 0 heterocycles. The summed E-state index contributed by atoms with van der Waals surface area (Å²) in [5.74, 6) is 0. The fourth-order valence-corrected chi connectivity index (χ4v) is 8.38. The topological polar surface area (TPSA) is 49.4 Å². The van der Waals surface area contributed by atoms with Crippen LogP contribution in [0.25, 0.3) is 53.9 Å². The highest BCUT2D eigenvalue weighted by Gasteiger charge is 2.15. The minimum absolute atomic E-state index is 0.926. The van der Waals surface area contributed by atoms with Crippen LogP contribution in [0.1, 0.15) is 22.3 Å². The number of benzene rings is 10. The van der Waals surface area contributed by atoms with Gasteiger partial charge in [-0.15, -0.1) is 0 Å². The van der Waals surface area contributed by atoms with E-state index in [-0.39, 0.29) is 0 Å². The molecule has 0 fully saturated rings. The third-order valence-corrected chi connectivity index (χ3v) is 11.7. The Morgan fingerprint density at radius 3 is 0.776 bits per heavy atom. The molecule has 4 heteroatoms. The smallest absolute Gasteiger partial charge is 0.0748 e. The number of hydrogen-bond acceptors (Lipinski definition) is 4. The lowest BCUT2D eigenvalue weighted by molar-refractivity contribution is 1.20. The van der Waals surface area contributed by atoms with E-state index in [1.54, 1.807) is 0 Å². The van der Waals surface area contributed by atoms with E-state index in [1.807, 2.05) is 72.8 Å². The predicted molar refractivity (Wildman–Crippen MR) is 242 cm³/mol. The SMILES string of the molecule is Cc1c(C)c(=Nc2ccccc2)c2cc3c(ccc4c5cc6c(=Nc7ccccc7)c(C)c(C)c(=Nc7ccccc7)c6cc5ccc34)cc2c1=Nc1ccccc1. The third kappa shape index (κ3) is 6.11. The normalized spacial score (nSPS) is 13.2. The van der Waals surface area contributed by atoms with Crippen molar-refractivity contribution in [2.75, 3.05) is 0 Å². The van der Waals surface area contributed by atoms with Crippen molar-refractivity contribution in [2.24, 2.45) is 20.0 Å². The molecule has 0 unspecified atom stereocenters. The van der Waals surface area contributed by atoms with Crippen LogP contribution in [0, 0.1) is 27.7 Å². The molecule has 0 saturated heterocycles. The van der Waals surface area contributed by atoms with Gasteiger partial charge in [0.15, 0.2) is 0 Å². The molecule has 0 amide bonds. The number of hydrogen-bond donors (Lipinski definition) is 0. The minimum Gasteiger partial charge on any atom is -0.248 e. The van der Waals surface area contributed by atoms with E-state index in [0.717, 1.165) is 98.7 Å². The van der Waals surface area contributed by atoms with Gasteiger partial charge in [0.25, 0.3) is 0 Å². The van der Waals surface area contributed by atoms with Crippen LogP contribution in [-0.4, -0.2) is 0 Å². The van der Waals surface area contributed by atoms with Gasteiger partial charge in [-0.05, 0) is 155 Å². The molecule has 0 aliphatic heterocycles. The molecule has 10 aromatic rings. The first-order valence-electron chi connectivity index (χ1n) is 19.8. The standard InChI is InChI=1S/C54H40N4/c1-33-35(3)53(57-41-21-13-7-14-22-41)49-31-45-37(29-47(49)51(33)55-39-17-9-5-10-18-39)25-27-44-43(45)28-26-38-30-48-50(32-46(38)44)54(58-42-23-15-8-16-24-42)36(4)34(2)52(48)56-40-19-11-6-12-20-40/h5-32H,1-4H3. The average Bonchev–Trinajstić information content (AvgIpc) is 3.27. The van der Waals surface area contributed by atoms with Gasteiger partial charge in [0.1, 0.15) is 0 Å². The molecular weight excluding hydrogens is 705 g/mol. The van der Waals surface area contributed by atoms with Gasteiger partial charge >= 0.3 is 0 Å². The van der Waals surface area contributed by atoms with Crippen LogP contribution in [0.15, 0.2) is 190 Å². The van der Waals surface area contributed by atoms with Gasteiger partial charge in [0.05, 0.1) is 44.2 Å². The maximum absolute atomic E-state index is 5.29. The summed E-state index contributed by atoms with van der Waals surface area (Å²) < 4.78 is 0. The van der Waals surface area contributed by atoms with E-state index < -0.39 is 0 Å². The fourth-order valence-electron chi connectivity index (χ4n) is 8.38. The summed E-state index contributed by atoms with van der Waals surface area (Å²) in [6, 6.07) is 59.4. The molecule has 0 bridgehead atoms. The first-order valence-corrected chi connectivity index (χ1v) is 19.8. The van der Waals surface area contributed by atoms with E-state index >= 15 is 0 Å². The molecule has 0 aliphatic rings. The van der Waals surface area contributed by atoms with E-state index in [0.29, 0.717) is 0 Å². The molecule has 0 N–H and O–H groups in total. The molecule has 58 heavy (non-hydrogen) atoms. The molecule has 0 aromatic heterocycles. The van der Waals surface area contributed by atoms with Crippen molar-refractivity contribution in [2.45, 2.75) is 27.7 Å². The van der Waals surface area contributed by atoms with E-state index in [9.17, 15) is 0 Å². The van der Waals surface area contributed by atoms with Gasteiger partial charge in [0, 0.05) is 21.5 Å². The van der Waals surface area contributed by atoms with Crippen LogP contribution < -0.4 is 21.4 Å². The van der Waals surface area contributed by atoms with E-state index in [1.165, 1.54) is 21.5 Å². The molecule has 0 aliphatic carbocycles. The summed E-state index contributed by atoms with van der Waals surface area (Å²) in [4.78, 5) is 21.1. The second-order valence-corrected chi connectivity index (χ2v) is 15.1. The van der Waals surface area contributed by atoms with Crippen molar-refractivity contribution >= 4 is 76.6 Å². The largest absolute Gasteiger partial charge is 0.248 e. The number of para-hydroxylation sites is 4. The zero-order valence-electron chi connectivity index (χ0n) is 33.0. The minimum atomic E-state index is 0.926. The second kappa shape index (κ2) is 14.3. The lowest BCUT2D eigenvalue weighted by Gasteiger charge is -2.14. The van der Waals surface area contributed by atoms with Gasteiger partial charge in [0.2, 0.25) is 0 Å². The van der Waals surface area contributed by atoms with Crippen molar-refractivity contribution in [3.8, 4) is 0 Å². The molecule has 4 nitrogen and oxygen atoms in total. The molecule has 0 saturated carbocycles. The quantitative estimate of drug-likeness (QED) is 0.127. The summed E-state index contributed by atoms with van der Waals surface area (Å²) in [6.07, 6.45) is 0. The molecule has 10 aromatic carbocycles. The first kappa shape index (κ1) is 35.1. The van der Waals surface area contributed by atoms with Crippen LogP contribution in [0.2, 0.25) is 0 Å². The Morgan fingerprint density at radius 2 is 0.500 bits per heavy atom. The van der Waals surface area contributed by atoms with Crippen LogP contribution in [0.3, 0.4) is 0 Å². The zero-order valence-corrected chi connectivity index (χ0v) is 33.0. The van der Waals surface area contributed by atoms with Crippen molar-refractivity contribution in [3.05, 3.63) is 214 Å². The third-order valence-electron chi connectivity index (χ3n) is 11.7. The Kier molecular flexibility index (Phi) is 8.68. The summed E-state index contributed by atoms with van der Waals surface area (Å²) >= 11 is 0. The molecule has 0 spiro atoms. The molecule has 0 radical (unpaired) electrons. The second-order valence-electron chi connectivity index (χ2n) is 15.1. The number of nitrogens with zero attached hydrogens (tertiary/aromatic N) is 4. The predicted octanol–water partition coefficient (Wildman–Crippen LogP) is 12.5. The number of fused-ring (bicyclic) bond motifs is 7. The molecule has 0 atom stereocenters. The van der Waals surface area contributed by atoms with Crippen molar-refractivity contribution in [1.82, 2.24) is 0 Å². The Morgan fingerprint density at radius 1 is 0.241 bits per heavy atom. The highest BCUT2D eigenvalue weighted by molar-refractivity contribution is 6.21. The van der Waals surface area contributed by atoms with Crippen LogP contribution in [0.5, 0.6) is 0 Å². The van der Waals surface area contributed by atoms with E-state index in [2.05, 4.69) is 125 Å².